The number of aromatic amines is 1. The number of β-amino-alcohol motifs (C(OH)–C–C–N with tert-alkyl or cyclic N) is 1. The molecule has 0 spiro atoms. The van der Waals surface area contributed by atoms with Crippen LogP contribution in [0.4, 0.5) is 0 Å². The number of aliphatic hydroxyl groups is 3. The Morgan fingerprint density at radius 2 is 1.48 bits per heavy atom. The number of carbonyl (C=O) groups excluding carboxylic acids is 9. The highest BCUT2D eigenvalue weighted by Crippen LogP contribution is 2.32. The van der Waals surface area contributed by atoms with Crippen LogP contribution in [0.1, 0.15) is 72.3 Å². The number of ketones is 1. The molecule has 1 aromatic carbocycles. The van der Waals surface area contributed by atoms with E-state index in [0.717, 1.165) is 26.4 Å². The predicted octanol–water partition coefficient (Wildman–Crippen LogP) is -2.00. The van der Waals surface area contributed by atoms with E-state index < -0.39 is 116 Å². The number of aryl methyl sites for hydroxylation is 1. The highest BCUT2D eigenvalue weighted by Gasteiger charge is 2.44. The Bertz CT molecular complexity index is 2010. The number of Topliss-reactive ketones (excluding diaryl/α,β-unsaturated/α-hetero) is 1. The summed E-state index contributed by atoms with van der Waals surface area (Å²) in [5.74, 6) is -8.22. The zero-order valence-corrected chi connectivity index (χ0v) is 37.8. The molecule has 2 aromatic rings. The number of H-pyrrole nitrogens is 1. The van der Waals surface area contributed by atoms with Crippen LogP contribution in [0.2, 0.25) is 0 Å². The van der Waals surface area contributed by atoms with Crippen molar-refractivity contribution in [1.82, 2.24) is 41.8 Å². The third kappa shape index (κ3) is 15.3. The smallest absolute Gasteiger partial charge is 0.246 e. The van der Waals surface area contributed by atoms with Gasteiger partial charge in [0, 0.05) is 41.5 Å². The number of nitrogens with one attached hydrogen (secondary N) is 7. The summed E-state index contributed by atoms with van der Waals surface area (Å²) in [6, 6.07) is 2.19. The summed E-state index contributed by atoms with van der Waals surface area (Å²) < 4.78 is 0. The van der Waals surface area contributed by atoms with Gasteiger partial charge in [-0.2, -0.15) is 0 Å². The Balaban J connectivity index is 1.66. The van der Waals surface area contributed by atoms with Crippen molar-refractivity contribution in [2.75, 3.05) is 32.8 Å². The topological polar surface area (TPSA) is 332 Å². The molecule has 1 aliphatic rings. The Morgan fingerprint density at radius 1 is 0.859 bits per heavy atom. The first-order valence-electron chi connectivity index (χ1n) is 21.2. The quantitative estimate of drug-likeness (QED) is 0.0481. The van der Waals surface area contributed by atoms with Gasteiger partial charge in [0.15, 0.2) is 0 Å². The van der Waals surface area contributed by atoms with Crippen LogP contribution < -0.4 is 37.6 Å². The molecule has 1 aromatic heterocycles. The van der Waals surface area contributed by atoms with Crippen LogP contribution >= 0.6 is 11.8 Å². The molecule has 0 aliphatic carbocycles. The molecule has 64 heavy (non-hydrogen) atoms. The summed E-state index contributed by atoms with van der Waals surface area (Å²) in [5, 5.41) is 47.0. The maximum absolute atomic E-state index is 13.9. The lowest BCUT2D eigenvalue weighted by Gasteiger charge is -2.31. The molecule has 354 valence electrons. The normalized spacial score (nSPS) is 17.6. The van der Waals surface area contributed by atoms with E-state index >= 15 is 0 Å². The number of aromatic nitrogens is 1. The highest BCUT2D eigenvalue weighted by molar-refractivity contribution is 7.99. The molecule has 8 atom stereocenters. The zero-order valence-electron chi connectivity index (χ0n) is 37.0. The minimum atomic E-state index is -1.62. The molecule has 0 unspecified atom stereocenters. The van der Waals surface area contributed by atoms with Gasteiger partial charge in [0.2, 0.25) is 47.3 Å². The second-order valence-corrected chi connectivity index (χ2v) is 17.5. The molecule has 1 saturated heterocycles. The summed E-state index contributed by atoms with van der Waals surface area (Å²) in [7, 11) is 0. The van der Waals surface area contributed by atoms with E-state index in [4.69, 9.17) is 5.73 Å². The Kier molecular flexibility index (Phi) is 20.7. The monoisotopic (exact) mass is 917 g/mol. The number of aliphatic hydroxyl groups excluding tert-OH is 3. The van der Waals surface area contributed by atoms with Crippen LogP contribution in [-0.2, 0) is 43.2 Å². The molecule has 0 radical (unpaired) electrons. The molecule has 0 bridgehead atoms. The summed E-state index contributed by atoms with van der Waals surface area (Å²) in [6.07, 6.45) is -2.71. The minimum absolute atomic E-state index is 0.0671. The van der Waals surface area contributed by atoms with Crippen molar-refractivity contribution in [1.29, 1.82) is 0 Å². The molecular weight excluding hydrogens is 855 g/mol. The molecule has 12 N–H and O–H groups in total. The van der Waals surface area contributed by atoms with Gasteiger partial charge < -0.3 is 62.8 Å². The summed E-state index contributed by atoms with van der Waals surface area (Å²) >= 11 is 1.42. The maximum atomic E-state index is 13.9. The Morgan fingerprint density at radius 3 is 2.09 bits per heavy atom. The fourth-order valence-corrected chi connectivity index (χ4v) is 8.43. The van der Waals surface area contributed by atoms with Crippen molar-refractivity contribution in [3.8, 4) is 0 Å². The number of amides is 8. The van der Waals surface area contributed by atoms with Gasteiger partial charge in [-0.15, -0.1) is 11.8 Å². The molecule has 2 heterocycles. The molecule has 8 amide bonds. The van der Waals surface area contributed by atoms with Crippen molar-refractivity contribution in [2.45, 2.75) is 120 Å². The van der Waals surface area contributed by atoms with E-state index in [1.165, 1.54) is 25.6 Å². The van der Waals surface area contributed by atoms with Crippen molar-refractivity contribution in [3.63, 3.8) is 0 Å². The van der Waals surface area contributed by atoms with Gasteiger partial charge in [-0.3, -0.25) is 43.2 Å². The van der Waals surface area contributed by atoms with Crippen molar-refractivity contribution >= 4 is 75.7 Å². The summed E-state index contributed by atoms with van der Waals surface area (Å²) in [5.41, 5.74) is 7.40. The number of rotatable bonds is 25. The SMILES string of the molecule is CCC(CC)[C@H](NC(=O)CNC(=O)CNC(=O)[C@@H](NC(=O)[C@@H]1C[C@@H](O)CN1C(=O)[C@H](CC(N)=O)NC(=O)C[C@H](C)Sc1[nH]c2ccccc2c1C)[C@@H](C)[C@@H](O)CO)C(=O)NCC(C)=O. The van der Waals surface area contributed by atoms with Crippen LogP contribution in [0, 0.1) is 18.8 Å². The van der Waals surface area contributed by atoms with Crippen LogP contribution in [0.25, 0.3) is 10.9 Å². The molecule has 1 fully saturated rings. The number of para-hydroxylation sites is 1. The van der Waals surface area contributed by atoms with Gasteiger partial charge in [-0.25, -0.2) is 0 Å². The number of primary amides is 1. The fourth-order valence-electron chi connectivity index (χ4n) is 7.34. The van der Waals surface area contributed by atoms with Gasteiger partial charge in [-0.05, 0) is 31.4 Å². The lowest BCUT2D eigenvalue weighted by Crippen LogP contribution is -2.59. The van der Waals surface area contributed by atoms with E-state index in [9.17, 15) is 58.5 Å². The summed E-state index contributed by atoms with van der Waals surface area (Å²) in [4.78, 5) is 121. The second kappa shape index (κ2) is 25.1. The van der Waals surface area contributed by atoms with Crippen molar-refractivity contribution < 1.29 is 58.5 Å². The number of fused-ring (bicyclic) bond motifs is 1. The van der Waals surface area contributed by atoms with Crippen LogP contribution in [0.3, 0.4) is 0 Å². The number of hydrogen-bond acceptors (Lipinski definition) is 13. The van der Waals surface area contributed by atoms with E-state index in [-0.39, 0.29) is 42.9 Å². The molecule has 22 heteroatoms. The van der Waals surface area contributed by atoms with Gasteiger partial charge >= 0.3 is 0 Å². The first kappa shape index (κ1) is 52.8. The number of benzene rings is 1. The van der Waals surface area contributed by atoms with E-state index in [0.29, 0.717) is 12.8 Å². The molecular formula is C42H63N9O12S. The fraction of sp³-hybridized carbons (Fsp3) is 0.595. The van der Waals surface area contributed by atoms with Gasteiger partial charge in [0.1, 0.15) is 30.0 Å². The second-order valence-electron chi connectivity index (χ2n) is 16.1. The molecule has 0 saturated carbocycles. The van der Waals surface area contributed by atoms with Crippen LogP contribution in [0.15, 0.2) is 29.3 Å². The lowest BCUT2D eigenvalue weighted by molar-refractivity contribution is -0.143. The first-order chi connectivity index (χ1) is 30.2. The number of thioether (sulfide) groups is 1. The van der Waals surface area contributed by atoms with E-state index in [1.54, 1.807) is 0 Å². The van der Waals surface area contributed by atoms with Crippen LogP contribution in [0.5, 0.6) is 0 Å². The maximum Gasteiger partial charge on any atom is 0.246 e. The largest absolute Gasteiger partial charge is 0.394 e. The average molecular weight is 918 g/mol. The van der Waals surface area contributed by atoms with Gasteiger partial charge in [-0.1, -0.05) is 58.7 Å². The number of likely N-dealkylation sites (tertiary alicyclic amines) is 1. The number of carbonyl (C=O) groups is 9. The lowest BCUT2D eigenvalue weighted by atomic mass is 9.93. The average Bonchev–Trinajstić information content (AvgIpc) is 3.80. The number of hydrogen-bond donors (Lipinski definition) is 11. The standard InChI is InChI=1S/C42H63N9O12S/c1-7-25(8-2)37(40(62)45-16-21(3)53)49-35(59)18-44-34(58)17-46-39(61)36(24(6)31(55)20-52)50-38(60)30-14-26(54)19-51(30)42(63)29(15-32(43)56)47-33(57)13-22(4)64-41-23(5)27-11-9-10-12-28(27)48-41/h9-12,22,24-26,29-31,36-37,48,52,54-55H,7-8,13-20H2,1-6H3,(H2,43,56)(H,44,58)(H,45,62)(H,46,61)(H,47,57)(H,49,59)(H,50,60)/t22-,24-,26+,29-,30-,31-,36-,37-/m0/s1. The minimum Gasteiger partial charge on any atom is -0.394 e. The number of nitrogens with two attached hydrogens (primary N) is 1. The number of nitrogens with zero attached hydrogens (tertiary/aromatic N) is 1. The first-order valence-corrected chi connectivity index (χ1v) is 22.1. The Hall–Kier alpha value is -5.58. The third-order valence-electron chi connectivity index (χ3n) is 11.0. The van der Waals surface area contributed by atoms with E-state index in [2.05, 4.69) is 36.9 Å². The third-order valence-corrected chi connectivity index (χ3v) is 12.2. The van der Waals surface area contributed by atoms with Gasteiger partial charge in [0.05, 0.1) is 49.9 Å². The van der Waals surface area contributed by atoms with Crippen molar-refractivity contribution in [3.05, 3.63) is 29.8 Å². The zero-order chi connectivity index (χ0) is 47.8. The van der Waals surface area contributed by atoms with Crippen molar-refractivity contribution in [2.24, 2.45) is 17.6 Å². The molecule has 3 rings (SSSR count). The Labute approximate surface area is 375 Å². The molecule has 1 aliphatic heterocycles. The predicted molar refractivity (Wildman–Crippen MR) is 235 cm³/mol. The van der Waals surface area contributed by atoms with Gasteiger partial charge in [0.25, 0.3) is 0 Å². The van der Waals surface area contributed by atoms with Crippen LogP contribution in [-0.4, -0.2) is 153 Å². The van der Waals surface area contributed by atoms with E-state index in [1.807, 2.05) is 52.0 Å². The molecule has 21 nitrogen and oxygen atoms in total. The highest BCUT2D eigenvalue weighted by atomic mass is 32.2. The summed E-state index contributed by atoms with van der Waals surface area (Å²) in [6.45, 7) is 7.35.